The standard InChI is InChI=1S/C17H11Cl3N2O2/c1-24-16-5-2-10(7-15(16)20)6-11(9-21)17(23)22-12-3-4-13(18)14(19)8-12/h2-8H,1H3,(H,22,23)/b11-6+. The molecule has 2 aromatic rings. The van der Waals surface area contributed by atoms with Crippen LogP contribution in [0, 0.1) is 11.3 Å². The fourth-order valence-corrected chi connectivity index (χ4v) is 2.42. The first kappa shape index (κ1) is 18.2. The molecule has 0 saturated heterocycles. The number of nitrogens with one attached hydrogen (secondary N) is 1. The van der Waals surface area contributed by atoms with Crippen LogP contribution in [0.4, 0.5) is 5.69 Å². The number of ether oxygens (including phenoxy) is 1. The van der Waals surface area contributed by atoms with E-state index in [4.69, 9.17) is 39.5 Å². The average Bonchev–Trinajstić information content (AvgIpc) is 2.56. The molecule has 0 unspecified atom stereocenters. The van der Waals surface area contributed by atoms with Gasteiger partial charge >= 0.3 is 0 Å². The number of anilines is 1. The lowest BCUT2D eigenvalue weighted by molar-refractivity contribution is -0.112. The van der Waals surface area contributed by atoms with E-state index >= 15 is 0 Å². The van der Waals surface area contributed by atoms with Crippen LogP contribution in [0.1, 0.15) is 5.56 Å². The minimum atomic E-state index is -0.567. The predicted octanol–water partition coefficient (Wildman–Crippen LogP) is 5.20. The van der Waals surface area contributed by atoms with Crippen LogP contribution < -0.4 is 10.1 Å². The quantitative estimate of drug-likeness (QED) is 0.585. The van der Waals surface area contributed by atoms with E-state index in [1.54, 1.807) is 30.3 Å². The summed E-state index contributed by atoms with van der Waals surface area (Å²) in [7, 11) is 1.50. The molecule has 0 radical (unpaired) electrons. The number of nitrogens with zero attached hydrogens (tertiary/aromatic N) is 1. The number of carbonyl (C=O) groups is 1. The fraction of sp³-hybridized carbons (Fsp3) is 0.0588. The van der Waals surface area contributed by atoms with E-state index < -0.39 is 5.91 Å². The lowest BCUT2D eigenvalue weighted by Gasteiger charge is -2.06. The Morgan fingerprint density at radius 1 is 1.12 bits per heavy atom. The number of rotatable bonds is 4. The number of hydrogen-bond acceptors (Lipinski definition) is 3. The first-order valence-electron chi connectivity index (χ1n) is 6.66. The second-order valence-corrected chi connectivity index (χ2v) is 5.87. The van der Waals surface area contributed by atoms with Crippen molar-refractivity contribution in [2.75, 3.05) is 12.4 Å². The van der Waals surface area contributed by atoms with Crippen molar-refractivity contribution in [2.45, 2.75) is 0 Å². The highest BCUT2D eigenvalue weighted by atomic mass is 35.5. The molecule has 122 valence electrons. The molecule has 0 saturated carbocycles. The van der Waals surface area contributed by atoms with Crippen molar-refractivity contribution in [3.63, 3.8) is 0 Å². The van der Waals surface area contributed by atoms with Crippen molar-refractivity contribution in [3.8, 4) is 11.8 Å². The number of amides is 1. The molecular weight excluding hydrogens is 371 g/mol. The van der Waals surface area contributed by atoms with Crippen LogP contribution in [0.2, 0.25) is 15.1 Å². The summed E-state index contributed by atoms with van der Waals surface area (Å²) in [6.45, 7) is 0. The van der Waals surface area contributed by atoms with Crippen molar-refractivity contribution in [1.29, 1.82) is 5.26 Å². The summed E-state index contributed by atoms with van der Waals surface area (Å²) in [4.78, 5) is 12.2. The molecule has 0 heterocycles. The van der Waals surface area contributed by atoms with Crippen LogP contribution in [0.15, 0.2) is 42.0 Å². The fourth-order valence-electron chi connectivity index (χ4n) is 1.86. The van der Waals surface area contributed by atoms with Crippen molar-refractivity contribution >= 4 is 52.5 Å². The Balaban J connectivity index is 2.23. The zero-order valence-corrected chi connectivity index (χ0v) is 14.7. The minimum Gasteiger partial charge on any atom is -0.495 e. The number of halogens is 3. The summed E-state index contributed by atoms with van der Waals surface area (Å²) in [6, 6.07) is 11.4. The SMILES string of the molecule is COc1ccc(/C=C(\C#N)C(=O)Nc2ccc(Cl)c(Cl)c2)cc1Cl. The zero-order valence-electron chi connectivity index (χ0n) is 12.4. The van der Waals surface area contributed by atoms with E-state index in [1.165, 1.54) is 19.3 Å². The Hall–Kier alpha value is -2.19. The van der Waals surface area contributed by atoms with Gasteiger partial charge in [-0.05, 0) is 42.0 Å². The predicted molar refractivity (Wildman–Crippen MR) is 96.7 cm³/mol. The first-order valence-corrected chi connectivity index (χ1v) is 7.79. The highest BCUT2D eigenvalue weighted by Gasteiger charge is 2.11. The van der Waals surface area contributed by atoms with Gasteiger partial charge in [0.25, 0.3) is 5.91 Å². The van der Waals surface area contributed by atoms with Gasteiger partial charge in [0.2, 0.25) is 0 Å². The van der Waals surface area contributed by atoms with Gasteiger partial charge in [-0.15, -0.1) is 0 Å². The van der Waals surface area contributed by atoms with Crippen molar-refractivity contribution in [2.24, 2.45) is 0 Å². The van der Waals surface area contributed by atoms with E-state index in [1.807, 2.05) is 6.07 Å². The summed E-state index contributed by atoms with van der Waals surface area (Å²) in [5.74, 6) is -0.0598. The molecule has 1 amide bonds. The Labute approximate surface area is 154 Å². The van der Waals surface area contributed by atoms with Crippen molar-refractivity contribution in [1.82, 2.24) is 0 Å². The van der Waals surface area contributed by atoms with E-state index in [9.17, 15) is 10.1 Å². The van der Waals surface area contributed by atoms with Gasteiger partial charge in [-0.2, -0.15) is 5.26 Å². The largest absolute Gasteiger partial charge is 0.495 e. The molecule has 0 atom stereocenters. The monoisotopic (exact) mass is 380 g/mol. The maximum Gasteiger partial charge on any atom is 0.266 e. The topological polar surface area (TPSA) is 62.1 Å². The van der Waals surface area contributed by atoms with Crippen LogP contribution in [0.25, 0.3) is 6.08 Å². The molecule has 2 rings (SSSR count). The summed E-state index contributed by atoms with van der Waals surface area (Å²) < 4.78 is 5.06. The Kier molecular flexibility index (Phi) is 6.10. The van der Waals surface area contributed by atoms with Crippen LogP contribution in [-0.2, 0) is 4.79 Å². The maximum atomic E-state index is 12.2. The molecule has 2 aromatic carbocycles. The Morgan fingerprint density at radius 2 is 1.88 bits per heavy atom. The highest BCUT2D eigenvalue weighted by molar-refractivity contribution is 6.42. The maximum absolute atomic E-state index is 12.2. The smallest absolute Gasteiger partial charge is 0.266 e. The molecule has 0 aromatic heterocycles. The Morgan fingerprint density at radius 3 is 2.46 bits per heavy atom. The summed E-state index contributed by atoms with van der Waals surface area (Å²) >= 11 is 17.8. The second kappa shape index (κ2) is 8.07. The number of carbonyl (C=O) groups excluding carboxylic acids is 1. The third kappa shape index (κ3) is 4.42. The Bertz CT molecular complexity index is 857. The molecular formula is C17H11Cl3N2O2. The van der Waals surface area contributed by atoms with E-state index in [0.29, 0.717) is 32.1 Å². The number of hydrogen-bond donors (Lipinski definition) is 1. The summed E-state index contributed by atoms with van der Waals surface area (Å²) in [5, 5.41) is 12.9. The average molecular weight is 382 g/mol. The molecule has 0 spiro atoms. The second-order valence-electron chi connectivity index (χ2n) is 4.65. The van der Waals surface area contributed by atoms with E-state index in [-0.39, 0.29) is 5.57 Å². The first-order chi connectivity index (χ1) is 11.4. The van der Waals surface area contributed by atoms with Crippen LogP contribution in [0.5, 0.6) is 5.75 Å². The van der Waals surface area contributed by atoms with Crippen LogP contribution >= 0.6 is 34.8 Å². The van der Waals surface area contributed by atoms with Gasteiger partial charge in [0, 0.05) is 5.69 Å². The van der Waals surface area contributed by atoms with E-state index in [2.05, 4.69) is 5.32 Å². The van der Waals surface area contributed by atoms with Crippen molar-refractivity contribution in [3.05, 3.63) is 62.6 Å². The van der Waals surface area contributed by atoms with Crippen LogP contribution in [-0.4, -0.2) is 13.0 Å². The normalized spacial score (nSPS) is 10.9. The van der Waals surface area contributed by atoms with Gasteiger partial charge in [0.05, 0.1) is 22.2 Å². The van der Waals surface area contributed by atoms with Crippen LogP contribution in [0.3, 0.4) is 0 Å². The molecule has 0 fully saturated rings. The molecule has 24 heavy (non-hydrogen) atoms. The minimum absolute atomic E-state index is 0.0812. The molecule has 0 aliphatic heterocycles. The molecule has 4 nitrogen and oxygen atoms in total. The summed E-state index contributed by atoms with van der Waals surface area (Å²) in [5.41, 5.74) is 0.951. The lowest BCUT2D eigenvalue weighted by Crippen LogP contribution is -2.13. The number of nitriles is 1. The highest BCUT2D eigenvalue weighted by Crippen LogP contribution is 2.27. The zero-order chi connectivity index (χ0) is 17.7. The molecule has 0 bridgehead atoms. The van der Waals surface area contributed by atoms with Gasteiger partial charge in [-0.25, -0.2) is 0 Å². The summed E-state index contributed by atoms with van der Waals surface area (Å²) in [6.07, 6.45) is 1.43. The van der Waals surface area contributed by atoms with E-state index in [0.717, 1.165) is 0 Å². The molecule has 7 heteroatoms. The third-order valence-corrected chi connectivity index (χ3v) is 4.06. The van der Waals surface area contributed by atoms with Gasteiger partial charge in [0.15, 0.2) is 0 Å². The third-order valence-electron chi connectivity index (χ3n) is 3.03. The van der Waals surface area contributed by atoms with Gasteiger partial charge < -0.3 is 10.1 Å². The molecule has 1 N–H and O–H groups in total. The van der Waals surface area contributed by atoms with Gasteiger partial charge in [-0.3, -0.25) is 4.79 Å². The number of benzene rings is 2. The number of methoxy groups -OCH3 is 1. The van der Waals surface area contributed by atoms with Gasteiger partial charge in [-0.1, -0.05) is 40.9 Å². The van der Waals surface area contributed by atoms with Crippen molar-refractivity contribution < 1.29 is 9.53 Å². The lowest BCUT2D eigenvalue weighted by atomic mass is 10.1. The molecule has 0 aliphatic rings. The molecule has 0 aliphatic carbocycles. The van der Waals surface area contributed by atoms with Gasteiger partial charge in [0.1, 0.15) is 17.4 Å².